The van der Waals surface area contributed by atoms with Gasteiger partial charge in [0.25, 0.3) is 0 Å². The van der Waals surface area contributed by atoms with Crippen LogP contribution < -0.4 is 15.9 Å². The molecule has 0 radical (unpaired) electrons. The molecule has 38 heavy (non-hydrogen) atoms. The lowest BCUT2D eigenvalue weighted by molar-refractivity contribution is 0.627. The minimum absolute atomic E-state index is 0.284. The second kappa shape index (κ2) is 10.3. The number of anilines is 1. The Hall–Kier alpha value is -4.78. The number of H-pyrrole nitrogens is 2. The second-order valence-electron chi connectivity index (χ2n) is 9.22. The number of aryl methyl sites for hydroxylation is 1. The summed E-state index contributed by atoms with van der Waals surface area (Å²) in [5, 5.41) is 13.7. The van der Waals surface area contributed by atoms with Gasteiger partial charge in [0, 0.05) is 45.3 Å². The Bertz CT molecular complexity index is 1790. The summed E-state index contributed by atoms with van der Waals surface area (Å²) in [7, 11) is 0. The quantitative estimate of drug-likeness (QED) is 0.250. The summed E-state index contributed by atoms with van der Waals surface area (Å²) in [5.41, 5.74) is 8.20. The van der Waals surface area contributed by atoms with Crippen LogP contribution in [0.5, 0.6) is 0 Å². The summed E-state index contributed by atoms with van der Waals surface area (Å²) < 4.78 is 14.2. The zero-order chi connectivity index (χ0) is 26.8. The number of fused-ring (bicyclic) bond motifs is 1. The first-order valence-electron chi connectivity index (χ1n) is 12.4. The third-order valence-electron chi connectivity index (χ3n) is 6.42. The normalized spacial score (nSPS) is 12.3. The van der Waals surface area contributed by atoms with Crippen molar-refractivity contribution in [3.8, 4) is 22.6 Å². The van der Waals surface area contributed by atoms with Crippen LogP contribution in [-0.4, -0.2) is 25.1 Å². The van der Waals surface area contributed by atoms with Crippen LogP contribution in [0.3, 0.4) is 0 Å². The number of benzene rings is 1. The lowest BCUT2D eigenvalue weighted by Gasteiger charge is -2.08. The summed E-state index contributed by atoms with van der Waals surface area (Å²) in [6.45, 7) is 14.2. The predicted molar refractivity (Wildman–Crippen MR) is 154 cm³/mol. The molecular weight excluding hydrogens is 475 g/mol. The molecule has 7 heteroatoms. The number of aromatic amines is 2. The van der Waals surface area contributed by atoms with E-state index in [0.29, 0.717) is 5.69 Å². The summed E-state index contributed by atoms with van der Waals surface area (Å²) in [6, 6.07) is 10.9. The van der Waals surface area contributed by atoms with Gasteiger partial charge in [-0.2, -0.15) is 5.10 Å². The molecule has 0 atom stereocenters. The van der Waals surface area contributed by atoms with Gasteiger partial charge in [-0.05, 0) is 73.9 Å². The van der Waals surface area contributed by atoms with Gasteiger partial charge >= 0.3 is 0 Å². The summed E-state index contributed by atoms with van der Waals surface area (Å²) in [5.74, 6) is -0.284. The molecule has 0 aliphatic carbocycles. The lowest BCUT2D eigenvalue weighted by Crippen LogP contribution is -2.23. The van der Waals surface area contributed by atoms with E-state index in [9.17, 15) is 4.39 Å². The zero-order valence-electron chi connectivity index (χ0n) is 21.7. The standard InChI is InChI=1S/C31H29FN6/c1-6-20(5)35-24-14-22(16-33-17-24)19(4)12-25-27(7-2)37-38-31(25)29-15-26-28(36-29)8-9-34-30(26)21-10-18(3)11-23(32)13-21/h7-17,35-37H,4-6H2,1-3H3/b25-12+,27-7+. The molecule has 4 aromatic heterocycles. The highest BCUT2D eigenvalue weighted by molar-refractivity contribution is 5.96. The molecule has 0 fully saturated rings. The Morgan fingerprint density at radius 1 is 1.11 bits per heavy atom. The molecule has 0 aliphatic rings. The van der Waals surface area contributed by atoms with Crippen molar-refractivity contribution in [3.63, 3.8) is 0 Å². The lowest BCUT2D eigenvalue weighted by atomic mass is 10.0. The highest BCUT2D eigenvalue weighted by Crippen LogP contribution is 2.30. The highest BCUT2D eigenvalue weighted by atomic mass is 19.1. The Kier molecular flexibility index (Phi) is 6.75. The van der Waals surface area contributed by atoms with Crippen molar-refractivity contribution in [2.24, 2.45) is 0 Å². The largest absolute Gasteiger partial charge is 0.358 e. The Morgan fingerprint density at radius 2 is 1.95 bits per heavy atom. The fraction of sp³-hybridized carbons (Fsp3) is 0.129. The number of nitrogens with one attached hydrogen (secondary N) is 3. The van der Waals surface area contributed by atoms with Crippen LogP contribution in [0.15, 0.2) is 73.8 Å². The van der Waals surface area contributed by atoms with E-state index in [0.717, 1.165) is 72.9 Å². The molecule has 0 amide bonds. The molecular formula is C31H29FN6. The molecule has 0 saturated heterocycles. The van der Waals surface area contributed by atoms with E-state index in [1.54, 1.807) is 18.6 Å². The van der Waals surface area contributed by atoms with E-state index < -0.39 is 0 Å². The number of pyridine rings is 2. The van der Waals surface area contributed by atoms with Crippen LogP contribution >= 0.6 is 0 Å². The molecule has 0 saturated carbocycles. The molecule has 0 bridgehead atoms. The van der Waals surface area contributed by atoms with Crippen LogP contribution in [0.25, 0.3) is 51.3 Å². The number of halogens is 1. The topological polar surface area (TPSA) is 82.3 Å². The van der Waals surface area contributed by atoms with Crippen LogP contribution in [0.2, 0.25) is 0 Å². The van der Waals surface area contributed by atoms with Crippen molar-refractivity contribution in [1.29, 1.82) is 0 Å². The molecule has 190 valence electrons. The van der Waals surface area contributed by atoms with Crippen molar-refractivity contribution in [3.05, 3.63) is 101 Å². The van der Waals surface area contributed by atoms with Gasteiger partial charge in [-0.3, -0.25) is 15.1 Å². The number of aromatic nitrogens is 5. The van der Waals surface area contributed by atoms with Crippen LogP contribution in [0.4, 0.5) is 10.1 Å². The second-order valence-corrected chi connectivity index (χ2v) is 9.22. The van der Waals surface area contributed by atoms with Gasteiger partial charge in [0.15, 0.2) is 0 Å². The van der Waals surface area contributed by atoms with Gasteiger partial charge in [0.1, 0.15) is 11.5 Å². The third kappa shape index (κ3) is 4.91. The van der Waals surface area contributed by atoms with E-state index in [1.165, 1.54) is 12.1 Å². The molecule has 0 aliphatic heterocycles. The number of nitrogens with zero attached hydrogens (tertiary/aromatic N) is 3. The fourth-order valence-electron chi connectivity index (χ4n) is 4.45. The van der Waals surface area contributed by atoms with Gasteiger partial charge in [0.2, 0.25) is 0 Å². The van der Waals surface area contributed by atoms with E-state index in [2.05, 4.69) is 43.6 Å². The van der Waals surface area contributed by atoms with Crippen molar-refractivity contribution < 1.29 is 4.39 Å². The Morgan fingerprint density at radius 3 is 2.71 bits per heavy atom. The predicted octanol–water partition coefficient (Wildman–Crippen LogP) is 6.09. The molecule has 0 spiro atoms. The molecule has 5 rings (SSSR count). The van der Waals surface area contributed by atoms with E-state index in [4.69, 9.17) is 0 Å². The zero-order valence-corrected chi connectivity index (χ0v) is 21.7. The average molecular weight is 505 g/mol. The Labute approximate surface area is 220 Å². The molecule has 4 heterocycles. The van der Waals surface area contributed by atoms with Crippen molar-refractivity contribution in [2.45, 2.75) is 27.2 Å². The molecule has 3 N–H and O–H groups in total. The Balaban J connectivity index is 1.60. The van der Waals surface area contributed by atoms with E-state index in [-0.39, 0.29) is 5.82 Å². The third-order valence-corrected chi connectivity index (χ3v) is 6.42. The monoisotopic (exact) mass is 504 g/mol. The number of hydrogen-bond donors (Lipinski definition) is 3. The average Bonchev–Trinajstić information content (AvgIpc) is 3.51. The number of hydrogen-bond acceptors (Lipinski definition) is 4. The van der Waals surface area contributed by atoms with Gasteiger partial charge in [-0.25, -0.2) is 4.39 Å². The summed E-state index contributed by atoms with van der Waals surface area (Å²) in [4.78, 5) is 12.4. The first-order chi connectivity index (χ1) is 18.4. The maximum Gasteiger partial charge on any atom is 0.124 e. The van der Waals surface area contributed by atoms with E-state index in [1.807, 2.05) is 57.2 Å². The maximum atomic E-state index is 14.2. The molecule has 6 nitrogen and oxygen atoms in total. The first kappa shape index (κ1) is 24.9. The molecule has 1 aromatic carbocycles. The van der Waals surface area contributed by atoms with Crippen LogP contribution in [0.1, 0.15) is 31.4 Å². The fourth-order valence-corrected chi connectivity index (χ4v) is 4.45. The number of rotatable bonds is 7. The van der Waals surface area contributed by atoms with Crippen molar-refractivity contribution in [1.82, 2.24) is 25.1 Å². The minimum atomic E-state index is -0.284. The first-order valence-corrected chi connectivity index (χ1v) is 12.4. The van der Waals surface area contributed by atoms with Gasteiger partial charge in [0.05, 0.1) is 28.6 Å². The summed E-state index contributed by atoms with van der Waals surface area (Å²) >= 11 is 0. The van der Waals surface area contributed by atoms with Crippen molar-refractivity contribution in [2.75, 3.05) is 5.32 Å². The highest BCUT2D eigenvalue weighted by Gasteiger charge is 2.14. The van der Waals surface area contributed by atoms with E-state index >= 15 is 0 Å². The minimum Gasteiger partial charge on any atom is -0.358 e. The van der Waals surface area contributed by atoms with Gasteiger partial charge in [-0.15, -0.1) is 0 Å². The van der Waals surface area contributed by atoms with Gasteiger partial charge < -0.3 is 10.3 Å². The smallest absolute Gasteiger partial charge is 0.124 e. The summed E-state index contributed by atoms with van der Waals surface area (Å²) in [6.07, 6.45) is 10.1. The maximum absolute atomic E-state index is 14.2. The number of allylic oxidation sites excluding steroid dienone is 2. The SMILES string of the molecule is C=C(CC)Nc1cncc(C(=C)/C=c2/c(-c3cc4c(-c5cc(C)cc(F)c5)nccc4[nH]3)n[nH]/c2=C/C)c1. The van der Waals surface area contributed by atoms with Gasteiger partial charge in [-0.1, -0.05) is 26.2 Å². The van der Waals surface area contributed by atoms with Crippen molar-refractivity contribution >= 4 is 34.3 Å². The van der Waals surface area contributed by atoms with Crippen LogP contribution in [-0.2, 0) is 0 Å². The molecule has 5 aromatic rings. The molecule has 0 unspecified atom stereocenters. The van der Waals surface area contributed by atoms with Crippen LogP contribution in [0, 0.1) is 12.7 Å².